The summed E-state index contributed by atoms with van der Waals surface area (Å²) in [4.78, 5) is 31.9. The molecule has 1 heterocycles. The van der Waals surface area contributed by atoms with E-state index >= 15 is 0 Å². The summed E-state index contributed by atoms with van der Waals surface area (Å²) in [5.74, 6) is -1.54. The van der Waals surface area contributed by atoms with Crippen LogP contribution < -0.4 is 5.32 Å². The molecule has 3 aromatic carbocycles. The van der Waals surface area contributed by atoms with Gasteiger partial charge in [-0.2, -0.15) is 13.2 Å². The molecule has 0 aliphatic heterocycles. The van der Waals surface area contributed by atoms with Crippen LogP contribution in [-0.2, 0) is 28.5 Å². The number of aromatic nitrogens is 1. The molecule has 9 heteroatoms. The lowest BCUT2D eigenvalue weighted by Crippen LogP contribution is -2.27. The summed E-state index contributed by atoms with van der Waals surface area (Å²) in [5.41, 5.74) is 1.78. The van der Waals surface area contributed by atoms with Crippen molar-refractivity contribution < 1.29 is 27.5 Å². The molecule has 1 unspecified atom stereocenters. The maximum atomic E-state index is 13.7. The quantitative estimate of drug-likeness (QED) is 0.270. The second kappa shape index (κ2) is 10.5. The maximum Gasteiger partial charge on any atom is 0.416 e. The number of hydrogen-bond acceptors (Lipinski definition) is 4. The van der Waals surface area contributed by atoms with E-state index in [0.717, 1.165) is 48.7 Å². The Morgan fingerprint density at radius 2 is 1.66 bits per heavy atom. The lowest BCUT2D eigenvalue weighted by Gasteiger charge is -2.23. The molecule has 0 fully saturated rings. The third-order valence-corrected chi connectivity index (χ3v) is 6.82. The minimum atomic E-state index is -4.63. The number of para-hydroxylation sites is 1. The standard InChI is InChI=1S/C29H22ClF3N2O3/c30-21-15-14-18(29(31,32)33)16-24(21)35-27(36)26(17-8-2-1-3-9-17)38-28(37)25-19-10-4-6-12-22(19)34-23-13-7-5-11-20(23)25/h1-4,6,8-10,12,14-16,26H,5,7,11,13H2,(H,35,36). The molecule has 1 aliphatic rings. The Morgan fingerprint density at radius 1 is 0.947 bits per heavy atom. The van der Waals surface area contributed by atoms with Gasteiger partial charge in [-0.25, -0.2) is 4.79 Å². The predicted octanol–water partition coefficient (Wildman–Crippen LogP) is 7.32. The first-order chi connectivity index (χ1) is 18.2. The number of rotatable bonds is 5. The number of ether oxygens (including phenoxy) is 1. The van der Waals surface area contributed by atoms with E-state index in [1.165, 1.54) is 0 Å². The summed E-state index contributed by atoms with van der Waals surface area (Å²) < 4.78 is 45.6. The fourth-order valence-corrected chi connectivity index (χ4v) is 4.83. The minimum Gasteiger partial charge on any atom is -0.444 e. The van der Waals surface area contributed by atoms with Gasteiger partial charge < -0.3 is 10.1 Å². The van der Waals surface area contributed by atoms with Crippen LogP contribution in [0, 0.1) is 0 Å². The second-order valence-electron chi connectivity index (χ2n) is 9.01. The van der Waals surface area contributed by atoms with Crippen molar-refractivity contribution in [1.29, 1.82) is 0 Å². The van der Waals surface area contributed by atoms with E-state index in [-0.39, 0.29) is 10.7 Å². The van der Waals surface area contributed by atoms with Crippen molar-refractivity contribution in [3.05, 3.63) is 106 Å². The predicted molar refractivity (Wildman–Crippen MR) is 138 cm³/mol. The number of halogens is 4. The van der Waals surface area contributed by atoms with E-state index in [1.807, 2.05) is 12.1 Å². The molecule has 1 amide bonds. The molecule has 0 saturated heterocycles. The topological polar surface area (TPSA) is 68.3 Å². The summed E-state index contributed by atoms with van der Waals surface area (Å²) in [6.07, 6.45) is -2.84. The third-order valence-electron chi connectivity index (χ3n) is 6.49. The van der Waals surface area contributed by atoms with Crippen molar-refractivity contribution in [2.45, 2.75) is 38.0 Å². The average molecular weight is 539 g/mol. The molecule has 1 atom stereocenters. The number of amides is 1. The smallest absolute Gasteiger partial charge is 0.416 e. The van der Waals surface area contributed by atoms with Gasteiger partial charge in [0.05, 0.1) is 27.4 Å². The largest absolute Gasteiger partial charge is 0.444 e. The highest BCUT2D eigenvalue weighted by atomic mass is 35.5. The summed E-state index contributed by atoms with van der Waals surface area (Å²) in [6.45, 7) is 0. The van der Waals surface area contributed by atoms with E-state index in [9.17, 15) is 22.8 Å². The number of esters is 1. The van der Waals surface area contributed by atoms with Crippen LogP contribution in [0.1, 0.15) is 51.7 Å². The van der Waals surface area contributed by atoms with E-state index in [1.54, 1.807) is 42.5 Å². The number of nitrogens with zero attached hydrogens (tertiary/aromatic N) is 1. The molecule has 5 rings (SSSR count). The van der Waals surface area contributed by atoms with Gasteiger partial charge in [-0.1, -0.05) is 60.1 Å². The highest BCUT2D eigenvalue weighted by Gasteiger charge is 2.33. The number of nitrogens with one attached hydrogen (secondary N) is 1. The van der Waals surface area contributed by atoms with Crippen LogP contribution >= 0.6 is 11.6 Å². The Morgan fingerprint density at radius 3 is 2.42 bits per heavy atom. The fourth-order valence-electron chi connectivity index (χ4n) is 4.67. The zero-order chi connectivity index (χ0) is 26.9. The first kappa shape index (κ1) is 25.7. The van der Waals surface area contributed by atoms with Gasteiger partial charge in [0.15, 0.2) is 0 Å². The molecule has 0 radical (unpaired) electrons. The van der Waals surface area contributed by atoms with Gasteiger partial charge in [0.1, 0.15) is 0 Å². The Balaban J connectivity index is 1.52. The van der Waals surface area contributed by atoms with Crippen LogP contribution in [0.25, 0.3) is 10.9 Å². The zero-order valence-electron chi connectivity index (χ0n) is 20.0. The molecule has 4 aromatic rings. The molecular weight excluding hydrogens is 517 g/mol. The number of anilines is 1. The van der Waals surface area contributed by atoms with Crippen molar-refractivity contribution in [2.75, 3.05) is 5.32 Å². The van der Waals surface area contributed by atoms with Crippen LogP contribution in [0.15, 0.2) is 72.8 Å². The second-order valence-corrected chi connectivity index (χ2v) is 9.42. The lowest BCUT2D eigenvalue weighted by molar-refractivity contribution is -0.137. The van der Waals surface area contributed by atoms with E-state index < -0.39 is 29.7 Å². The van der Waals surface area contributed by atoms with E-state index in [2.05, 4.69) is 5.32 Å². The van der Waals surface area contributed by atoms with Crippen molar-refractivity contribution in [3.63, 3.8) is 0 Å². The molecule has 1 N–H and O–H groups in total. The molecule has 194 valence electrons. The minimum absolute atomic E-state index is 0.0846. The molecule has 1 aromatic heterocycles. The maximum absolute atomic E-state index is 13.7. The van der Waals surface area contributed by atoms with Crippen LogP contribution in [0.4, 0.5) is 18.9 Å². The summed E-state index contributed by atoms with van der Waals surface area (Å²) in [6, 6.07) is 18.1. The number of benzene rings is 3. The van der Waals surface area contributed by atoms with Crippen LogP contribution in [0.5, 0.6) is 0 Å². The molecule has 0 spiro atoms. The average Bonchev–Trinajstić information content (AvgIpc) is 2.91. The number of alkyl halides is 3. The Labute approximate surface area is 221 Å². The molecule has 38 heavy (non-hydrogen) atoms. The van der Waals surface area contributed by atoms with E-state index in [0.29, 0.717) is 28.5 Å². The van der Waals surface area contributed by atoms with Gasteiger partial charge in [-0.3, -0.25) is 9.78 Å². The van der Waals surface area contributed by atoms with Crippen molar-refractivity contribution in [3.8, 4) is 0 Å². The van der Waals surface area contributed by atoms with Gasteiger partial charge in [0, 0.05) is 16.6 Å². The van der Waals surface area contributed by atoms with Gasteiger partial charge in [0.2, 0.25) is 6.10 Å². The van der Waals surface area contributed by atoms with Gasteiger partial charge in [-0.15, -0.1) is 0 Å². The van der Waals surface area contributed by atoms with Gasteiger partial charge in [0.25, 0.3) is 5.91 Å². The molecule has 1 aliphatic carbocycles. The van der Waals surface area contributed by atoms with Gasteiger partial charge >= 0.3 is 12.1 Å². The molecule has 5 nitrogen and oxygen atoms in total. The molecular formula is C29H22ClF3N2O3. The highest BCUT2D eigenvalue weighted by Crippen LogP contribution is 2.35. The number of carbonyl (C=O) groups is 2. The Kier molecular flexibility index (Phi) is 7.08. The van der Waals surface area contributed by atoms with Crippen LogP contribution in [0.2, 0.25) is 5.02 Å². The van der Waals surface area contributed by atoms with Gasteiger partial charge in [-0.05, 0) is 55.5 Å². The van der Waals surface area contributed by atoms with Crippen molar-refractivity contribution >= 4 is 40.1 Å². The van der Waals surface area contributed by atoms with Crippen LogP contribution in [-0.4, -0.2) is 16.9 Å². The zero-order valence-corrected chi connectivity index (χ0v) is 20.8. The third kappa shape index (κ3) is 5.22. The lowest BCUT2D eigenvalue weighted by atomic mass is 9.90. The first-order valence-electron chi connectivity index (χ1n) is 12.1. The number of hydrogen-bond donors (Lipinski definition) is 1. The summed E-state index contributed by atoms with van der Waals surface area (Å²) in [7, 11) is 0. The van der Waals surface area contributed by atoms with E-state index in [4.69, 9.17) is 21.3 Å². The Hall–Kier alpha value is -3.91. The summed E-state index contributed by atoms with van der Waals surface area (Å²) in [5, 5.41) is 2.95. The number of carbonyl (C=O) groups excluding carboxylic acids is 2. The fraction of sp³-hybridized carbons (Fsp3) is 0.207. The van der Waals surface area contributed by atoms with Crippen LogP contribution in [0.3, 0.4) is 0 Å². The first-order valence-corrected chi connectivity index (χ1v) is 12.4. The number of fused-ring (bicyclic) bond motifs is 2. The number of aryl methyl sites for hydroxylation is 1. The summed E-state index contributed by atoms with van der Waals surface area (Å²) >= 11 is 6.09. The normalized spacial score (nSPS) is 14.0. The SMILES string of the molecule is O=C(OC(C(=O)Nc1cc(C(F)(F)F)ccc1Cl)c1ccccc1)c1c2c(nc3ccccc13)CCCC2. The number of pyridine rings is 1. The molecule has 0 saturated carbocycles. The van der Waals surface area contributed by atoms with Crippen molar-refractivity contribution in [1.82, 2.24) is 4.98 Å². The molecule has 0 bridgehead atoms. The monoisotopic (exact) mass is 538 g/mol. The highest BCUT2D eigenvalue weighted by molar-refractivity contribution is 6.33. The van der Waals surface area contributed by atoms with Crippen molar-refractivity contribution in [2.24, 2.45) is 0 Å². The Bertz CT molecular complexity index is 1520.